The smallest absolute Gasteiger partial charge is 0.243 e. The van der Waals surface area contributed by atoms with Crippen molar-refractivity contribution in [3.63, 3.8) is 0 Å². The molecule has 8 nitrogen and oxygen atoms in total. The van der Waals surface area contributed by atoms with Crippen molar-refractivity contribution in [2.24, 2.45) is 0 Å². The molecule has 10 heteroatoms. The molecular formula is C20H22N4O4S2. The van der Waals surface area contributed by atoms with Gasteiger partial charge in [-0.2, -0.15) is 9.29 Å². The van der Waals surface area contributed by atoms with Crippen LogP contribution in [0.25, 0.3) is 10.7 Å². The van der Waals surface area contributed by atoms with Crippen LogP contribution in [0.3, 0.4) is 0 Å². The number of aryl methyl sites for hydroxylation is 2. The minimum atomic E-state index is -3.54. The Kier molecular flexibility index (Phi) is 5.98. The van der Waals surface area contributed by atoms with Crippen LogP contribution in [0.5, 0.6) is 0 Å². The lowest BCUT2D eigenvalue weighted by Crippen LogP contribution is -2.50. The molecule has 1 amide bonds. The van der Waals surface area contributed by atoms with Crippen LogP contribution in [0, 0.1) is 6.92 Å². The number of hydrogen-bond acceptors (Lipinski definition) is 7. The third-order valence-electron chi connectivity index (χ3n) is 5.01. The molecule has 1 aliphatic heterocycles. The molecule has 1 saturated heterocycles. The van der Waals surface area contributed by atoms with E-state index >= 15 is 0 Å². The Morgan fingerprint density at radius 1 is 1.13 bits per heavy atom. The highest BCUT2D eigenvalue weighted by Gasteiger charge is 2.30. The molecule has 1 aliphatic rings. The maximum Gasteiger partial charge on any atom is 0.243 e. The maximum absolute atomic E-state index is 12.8. The number of benzene rings is 1. The van der Waals surface area contributed by atoms with Crippen LogP contribution in [-0.2, 0) is 21.2 Å². The lowest BCUT2D eigenvalue weighted by Gasteiger charge is -2.34. The molecule has 3 aromatic rings. The average Bonchev–Trinajstić information content (AvgIpc) is 3.44. The SMILES string of the molecule is Cc1ccc(S(=O)(=O)N2CCN(C(=O)CCc3nc(-c4cccs4)no3)CC2)cc1. The number of carbonyl (C=O) groups excluding carboxylic acids is 1. The second-order valence-electron chi connectivity index (χ2n) is 7.09. The summed E-state index contributed by atoms with van der Waals surface area (Å²) in [6, 6.07) is 10.6. The minimum Gasteiger partial charge on any atom is -0.340 e. The lowest BCUT2D eigenvalue weighted by atomic mass is 10.2. The van der Waals surface area contributed by atoms with E-state index in [1.807, 2.05) is 24.4 Å². The first-order valence-corrected chi connectivity index (χ1v) is 12.0. The van der Waals surface area contributed by atoms with Gasteiger partial charge in [0.1, 0.15) is 0 Å². The Balaban J connectivity index is 1.29. The van der Waals surface area contributed by atoms with Crippen LogP contribution < -0.4 is 0 Å². The highest BCUT2D eigenvalue weighted by Crippen LogP contribution is 2.22. The zero-order valence-electron chi connectivity index (χ0n) is 16.5. The molecule has 0 aliphatic carbocycles. The van der Waals surface area contributed by atoms with E-state index < -0.39 is 10.0 Å². The van der Waals surface area contributed by atoms with Gasteiger partial charge in [-0.15, -0.1) is 11.3 Å². The molecule has 2 aromatic heterocycles. The molecule has 0 atom stereocenters. The standard InChI is InChI=1S/C20H22N4O4S2/c1-15-4-6-16(7-5-15)30(26,27)24-12-10-23(11-13-24)19(25)9-8-18-21-20(22-28-18)17-3-2-14-29-17/h2-7,14H,8-13H2,1H3. The Bertz CT molecular complexity index is 1100. The molecule has 3 heterocycles. The van der Waals surface area contributed by atoms with E-state index in [0.29, 0.717) is 31.2 Å². The number of rotatable bonds is 6. The molecule has 1 aromatic carbocycles. The molecule has 1 fully saturated rings. The molecule has 0 unspecified atom stereocenters. The zero-order chi connectivity index (χ0) is 21.1. The minimum absolute atomic E-state index is 0.0433. The maximum atomic E-state index is 12.8. The van der Waals surface area contributed by atoms with Crippen molar-refractivity contribution < 1.29 is 17.7 Å². The monoisotopic (exact) mass is 446 g/mol. The predicted octanol–water partition coefficient (Wildman–Crippen LogP) is 2.57. The van der Waals surface area contributed by atoms with Gasteiger partial charge in [-0.05, 0) is 30.5 Å². The summed E-state index contributed by atoms with van der Waals surface area (Å²) in [5.74, 6) is 0.910. The molecule has 4 rings (SSSR count). The summed E-state index contributed by atoms with van der Waals surface area (Å²) in [4.78, 5) is 19.8. The van der Waals surface area contributed by atoms with Gasteiger partial charge < -0.3 is 9.42 Å². The second-order valence-corrected chi connectivity index (χ2v) is 9.97. The number of piperazine rings is 1. The first kappa shape index (κ1) is 20.7. The van der Waals surface area contributed by atoms with E-state index in [0.717, 1.165) is 10.4 Å². The van der Waals surface area contributed by atoms with Crippen LogP contribution in [-0.4, -0.2) is 59.8 Å². The van der Waals surface area contributed by atoms with Crippen molar-refractivity contribution in [2.75, 3.05) is 26.2 Å². The number of amides is 1. The summed E-state index contributed by atoms with van der Waals surface area (Å²) in [6.45, 7) is 3.22. The average molecular weight is 447 g/mol. The Labute approximate surface area is 179 Å². The van der Waals surface area contributed by atoms with Crippen LogP contribution in [0.15, 0.2) is 51.2 Å². The first-order chi connectivity index (χ1) is 14.4. The highest BCUT2D eigenvalue weighted by molar-refractivity contribution is 7.89. The Hall–Kier alpha value is -2.56. The van der Waals surface area contributed by atoms with Gasteiger partial charge in [-0.1, -0.05) is 28.9 Å². The van der Waals surface area contributed by atoms with Crippen LogP contribution >= 0.6 is 11.3 Å². The normalized spacial score (nSPS) is 15.4. The topological polar surface area (TPSA) is 96.6 Å². The highest BCUT2D eigenvalue weighted by atomic mass is 32.2. The van der Waals surface area contributed by atoms with Crippen LogP contribution in [0.2, 0.25) is 0 Å². The van der Waals surface area contributed by atoms with Crippen LogP contribution in [0.1, 0.15) is 17.9 Å². The summed E-state index contributed by atoms with van der Waals surface area (Å²) in [5.41, 5.74) is 1.01. The lowest BCUT2D eigenvalue weighted by molar-refractivity contribution is -0.132. The molecular weight excluding hydrogens is 424 g/mol. The van der Waals surface area contributed by atoms with Gasteiger partial charge in [0.25, 0.3) is 0 Å². The van der Waals surface area contributed by atoms with Crippen molar-refractivity contribution in [3.05, 3.63) is 53.2 Å². The van der Waals surface area contributed by atoms with Crippen LogP contribution in [0.4, 0.5) is 0 Å². The van der Waals surface area contributed by atoms with E-state index in [2.05, 4.69) is 10.1 Å². The summed E-state index contributed by atoms with van der Waals surface area (Å²) < 4.78 is 32.2. The van der Waals surface area contributed by atoms with Gasteiger partial charge in [0.05, 0.1) is 9.77 Å². The summed E-state index contributed by atoms with van der Waals surface area (Å²) in [7, 11) is -3.54. The van der Waals surface area contributed by atoms with Gasteiger partial charge in [0.2, 0.25) is 27.6 Å². The van der Waals surface area contributed by atoms with E-state index in [-0.39, 0.29) is 30.3 Å². The number of hydrogen-bond donors (Lipinski definition) is 0. The first-order valence-electron chi connectivity index (χ1n) is 9.64. The molecule has 0 radical (unpaired) electrons. The summed E-state index contributed by atoms with van der Waals surface area (Å²) >= 11 is 1.52. The molecule has 30 heavy (non-hydrogen) atoms. The molecule has 0 N–H and O–H groups in total. The molecule has 0 bridgehead atoms. The van der Waals surface area contributed by atoms with Crippen molar-refractivity contribution in [3.8, 4) is 10.7 Å². The molecule has 0 spiro atoms. The Morgan fingerprint density at radius 3 is 2.53 bits per heavy atom. The summed E-state index contributed by atoms with van der Waals surface area (Å²) in [5, 5.41) is 5.88. The number of nitrogens with zero attached hydrogens (tertiary/aromatic N) is 4. The molecule has 158 valence electrons. The van der Waals surface area contributed by atoms with Crippen molar-refractivity contribution >= 4 is 27.3 Å². The quantitative estimate of drug-likeness (QED) is 0.577. The third kappa shape index (κ3) is 4.45. The summed E-state index contributed by atoms with van der Waals surface area (Å²) in [6.07, 6.45) is 0.607. The van der Waals surface area contributed by atoms with E-state index in [4.69, 9.17) is 4.52 Å². The van der Waals surface area contributed by atoms with E-state index in [1.54, 1.807) is 29.2 Å². The van der Waals surface area contributed by atoms with E-state index in [9.17, 15) is 13.2 Å². The third-order valence-corrected chi connectivity index (χ3v) is 7.79. The zero-order valence-corrected chi connectivity index (χ0v) is 18.2. The van der Waals surface area contributed by atoms with Crippen molar-refractivity contribution in [1.82, 2.24) is 19.3 Å². The Morgan fingerprint density at radius 2 is 1.87 bits per heavy atom. The fourth-order valence-electron chi connectivity index (χ4n) is 3.27. The van der Waals surface area contributed by atoms with Gasteiger partial charge in [0.15, 0.2) is 0 Å². The second kappa shape index (κ2) is 8.66. The number of sulfonamides is 1. The van der Waals surface area contributed by atoms with Crippen molar-refractivity contribution in [1.29, 1.82) is 0 Å². The largest absolute Gasteiger partial charge is 0.340 e. The van der Waals surface area contributed by atoms with Gasteiger partial charge in [0, 0.05) is 39.0 Å². The fourth-order valence-corrected chi connectivity index (χ4v) is 5.34. The predicted molar refractivity (Wildman–Crippen MR) is 112 cm³/mol. The molecule has 0 saturated carbocycles. The van der Waals surface area contributed by atoms with Gasteiger partial charge >= 0.3 is 0 Å². The van der Waals surface area contributed by atoms with E-state index in [1.165, 1.54) is 15.6 Å². The van der Waals surface area contributed by atoms with Crippen molar-refractivity contribution in [2.45, 2.75) is 24.7 Å². The number of carbonyl (C=O) groups is 1. The number of thiophene rings is 1. The van der Waals surface area contributed by atoms with Gasteiger partial charge in [-0.3, -0.25) is 4.79 Å². The number of aromatic nitrogens is 2. The fraction of sp³-hybridized carbons (Fsp3) is 0.350. The van der Waals surface area contributed by atoms with Gasteiger partial charge in [-0.25, -0.2) is 8.42 Å².